The average Bonchev–Trinajstić information content (AvgIpc) is 3.48. The minimum absolute atomic E-state index is 0.144. The zero-order chi connectivity index (χ0) is 27.5. The van der Waals surface area contributed by atoms with E-state index in [0.717, 1.165) is 66.4 Å². The molecule has 0 atom stereocenters. The van der Waals surface area contributed by atoms with Crippen LogP contribution in [-0.2, 0) is 13.0 Å². The summed E-state index contributed by atoms with van der Waals surface area (Å²) < 4.78 is 0. The number of unbranched alkanes of at least 4 members (excludes halogenated alkanes) is 2. The van der Waals surface area contributed by atoms with Crippen molar-refractivity contribution in [1.29, 1.82) is 0 Å². The average molecular weight is 541 g/mol. The highest BCUT2D eigenvalue weighted by Gasteiger charge is 2.29. The molecule has 39 heavy (non-hydrogen) atoms. The number of hydrogen-bond acceptors (Lipinski definition) is 3. The number of benzene rings is 2. The molecule has 1 saturated heterocycles. The summed E-state index contributed by atoms with van der Waals surface area (Å²) in [7, 11) is 0. The summed E-state index contributed by atoms with van der Waals surface area (Å²) in [5.74, 6) is 7.44. The van der Waals surface area contributed by atoms with E-state index in [-0.39, 0.29) is 11.9 Å². The molecule has 1 aromatic heterocycles. The van der Waals surface area contributed by atoms with Gasteiger partial charge in [-0.05, 0) is 91.4 Å². The molecule has 206 valence electrons. The van der Waals surface area contributed by atoms with E-state index >= 15 is 0 Å². The number of likely N-dealkylation sites (tertiary alicyclic amines) is 1. The first-order valence-corrected chi connectivity index (χ1v) is 15.7. The predicted molar refractivity (Wildman–Crippen MR) is 165 cm³/mol. The molecule has 2 heterocycles. The van der Waals surface area contributed by atoms with Crippen molar-refractivity contribution in [2.24, 2.45) is 5.92 Å². The molecule has 0 N–H and O–H groups in total. The van der Waals surface area contributed by atoms with Crippen LogP contribution in [0.2, 0.25) is 0 Å². The molecule has 1 aliphatic heterocycles. The Morgan fingerprint density at radius 2 is 1.79 bits per heavy atom. The first-order valence-electron chi connectivity index (χ1n) is 14.8. The molecule has 0 bridgehead atoms. The van der Waals surface area contributed by atoms with Crippen LogP contribution in [0, 0.1) is 17.8 Å². The lowest BCUT2D eigenvalue weighted by molar-refractivity contribution is 0.0546. The number of thiophene rings is 1. The number of nitrogens with zero attached hydrogens (tertiary/aromatic N) is 2. The summed E-state index contributed by atoms with van der Waals surface area (Å²) in [6, 6.07) is 21.1. The molecular weight excluding hydrogens is 496 g/mol. The van der Waals surface area contributed by atoms with E-state index in [1.807, 2.05) is 24.3 Å². The van der Waals surface area contributed by atoms with E-state index in [1.165, 1.54) is 31.2 Å². The van der Waals surface area contributed by atoms with Crippen molar-refractivity contribution in [3.05, 3.63) is 93.2 Å². The molecule has 3 aromatic rings. The van der Waals surface area contributed by atoms with E-state index in [4.69, 9.17) is 0 Å². The molecule has 1 amide bonds. The van der Waals surface area contributed by atoms with Crippen LogP contribution in [0.3, 0.4) is 0 Å². The van der Waals surface area contributed by atoms with Crippen molar-refractivity contribution in [1.82, 2.24) is 9.80 Å². The number of carbonyl (C=O) groups is 1. The minimum atomic E-state index is 0.144. The maximum absolute atomic E-state index is 14.0. The molecule has 3 nitrogen and oxygen atoms in total. The molecule has 0 aliphatic carbocycles. The van der Waals surface area contributed by atoms with E-state index in [9.17, 15) is 4.79 Å². The van der Waals surface area contributed by atoms with Crippen molar-refractivity contribution in [2.75, 3.05) is 19.6 Å². The minimum Gasteiger partial charge on any atom is -0.331 e. The summed E-state index contributed by atoms with van der Waals surface area (Å²) in [5, 5.41) is 2.05. The largest absolute Gasteiger partial charge is 0.331 e. The van der Waals surface area contributed by atoms with Crippen LogP contribution in [0.15, 0.2) is 66.0 Å². The van der Waals surface area contributed by atoms with Crippen molar-refractivity contribution < 1.29 is 4.79 Å². The van der Waals surface area contributed by atoms with Gasteiger partial charge in [0.1, 0.15) is 0 Å². The van der Waals surface area contributed by atoms with Crippen LogP contribution in [0.5, 0.6) is 0 Å². The molecule has 0 spiro atoms. The van der Waals surface area contributed by atoms with Crippen molar-refractivity contribution in [3.8, 4) is 11.8 Å². The van der Waals surface area contributed by atoms with Crippen molar-refractivity contribution >= 4 is 17.2 Å². The highest BCUT2D eigenvalue weighted by molar-refractivity contribution is 7.10. The van der Waals surface area contributed by atoms with Crippen LogP contribution in [-0.4, -0.2) is 41.4 Å². The fourth-order valence-electron chi connectivity index (χ4n) is 5.25. The van der Waals surface area contributed by atoms with Crippen LogP contribution in [0.25, 0.3) is 0 Å². The number of rotatable bonds is 11. The molecule has 0 saturated carbocycles. The van der Waals surface area contributed by atoms with Gasteiger partial charge in [0, 0.05) is 36.8 Å². The van der Waals surface area contributed by atoms with E-state index in [1.54, 1.807) is 11.3 Å². The van der Waals surface area contributed by atoms with E-state index in [0.29, 0.717) is 6.54 Å². The van der Waals surface area contributed by atoms with Gasteiger partial charge in [-0.2, -0.15) is 0 Å². The molecule has 4 rings (SSSR count). The first-order chi connectivity index (χ1) is 19.0. The Morgan fingerprint density at radius 3 is 2.49 bits per heavy atom. The summed E-state index contributed by atoms with van der Waals surface area (Å²) in [4.78, 5) is 19.7. The number of aryl methyl sites for hydroxylation is 1. The molecule has 0 unspecified atom stereocenters. The lowest BCUT2D eigenvalue weighted by Gasteiger charge is -2.39. The molecule has 4 heteroatoms. The summed E-state index contributed by atoms with van der Waals surface area (Å²) in [6.07, 6.45) is 8.05. The van der Waals surface area contributed by atoms with Gasteiger partial charge >= 0.3 is 0 Å². The third-order valence-corrected chi connectivity index (χ3v) is 8.47. The zero-order valence-electron chi connectivity index (χ0n) is 24.0. The van der Waals surface area contributed by atoms with E-state index in [2.05, 4.69) is 84.2 Å². The van der Waals surface area contributed by atoms with Crippen LogP contribution < -0.4 is 0 Å². The summed E-state index contributed by atoms with van der Waals surface area (Å²) in [6.45, 7) is 10.7. The van der Waals surface area contributed by atoms with Crippen molar-refractivity contribution in [2.45, 2.75) is 78.3 Å². The van der Waals surface area contributed by atoms with Crippen LogP contribution in [0.4, 0.5) is 0 Å². The Labute approximate surface area is 240 Å². The second kappa shape index (κ2) is 15.1. The SMILES string of the molecule is CCCCCc1ccc(C(=O)N(Cc2cccc(C#Cc3cccs3)c2)C2CCN(CCC(C)C)CC2)cc1. The maximum Gasteiger partial charge on any atom is 0.254 e. The molecule has 0 radical (unpaired) electrons. The number of piperidine rings is 1. The second-order valence-electron chi connectivity index (χ2n) is 11.3. The highest BCUT2D eigenvalue weighted by atomic mass is 32.1. The zero-order valence-corrected chi connectivity index (χ0v) is 24.8. The van der Waals surface area contributed by atoms with Gasteiger partial charge in [-0.25, -0.2) is 0 Å². The van der Waals surface area contributed by atoms with Gasteiger partial charge in [-0.3, -0.25) is 4.79 Å². The fourth-order valence-corrected chi connectivity index (χ4v) is 5.82. The number of amides is 1. The smallest absolute Gasteiger partial charge is 0.254 e. The Hall–Kier alpha value is -2.87. The fraction of sp³-hybridized carbons (Fsp3) is 0.457. The lowest BCUT2D eigenvalue weighted by atomic mass is 9.99. The van der Waals surface area contributed by atoms with Gasteiger partial charge in [-0.1, -0.05) is 75.8 Å². The number of carbonyl (C=O) groups excluding carboxylic acids is 1. The van der Waals surface area contributed by atoms with Crippen molar-refractivity contribution in [3.63, 3.8) is 0 Å². The van der Waals surface area contributed by atoms with Gasteiger partial charge < -0.3 is 9.80 Å². The van der Waals surface area contributed by atoms with Gasteiger partial charge in [0.05, 0.1) is 4.88 Å². The lowest BCUT2D eigenvalue weighted by Crippen LogP contribution is -2.47. The first kappa shape index (κ1) is 29.1. The van der Waals surface area contributed by atoms with Crippen LogP contribution >= 0.6 is 11.3 Å². The summed E-state index contributed by atoms with van der Waals surface area (Å²) >= 11 is 1.66. The molecule has 1 aliphatic rings. The van der Waals surface area contributed by atoms with Gasteiger partial charge in [-0.15, -0.1) is 11.3 Å². The Bertz CT molecular complexity index is 1210. The normalized spacial score (nSPS) is 14.3. The second-order valence-corrected chi connectivity index (χ2v) is 12.2. The molecule has 1 fully saturated rings. The van der Waals surface area contributed by atoms with Gasteiger partial charge in [0.25, 0.3) is 5.91 Å². The Balaban J connectivity index is 1.50. The Kier molecular flexibility index (Phi) is 11.2. The third kappa shape index (κ3) is 9.09. The molecule has 2 aromatic carbocycles. The topological polar surface area (TPSA) is 23.6 Å². The monoisotopic (exact) mass is 540 g/mol. The standard InChI is InChI=1S/C35H44N2OS/c1-4-5-6-9-29-13-16-32(17-14-29)35(38)37(33-20-23-36(24-21-33)22-19-28(2)3)27-31-11-7-10-30(26-31)15-18-34-12-8-25-39-34/h7-8,10-14,16-17,25-26,28,33H,4-6,9,19-24,27H2,1-3H3. The summed E-state index contributed by atoms with van der Waals surface area (Å²) in [5.41, 5.74) is 4.25. The number of hydrogen-bond donors (Lipinski definition) is 0. The van der Waals surface area contributed by atoms with Gasteiger partial charge in [0.2, 0.25) is 0 Å². The van der Waals surface area contributed by atoms with Crippen LogP contribution in [0.1, 0.15) is 91.2 Å². The Morgan fingerprint density at radius 1 is 1.00 bits per heavy atom. The molecular formula is C35H44N2OS. The maximum atomic E-state index is 14.0. The third-order valence-electron chi connectivity index (χ3n) is 7.68. The van der Waals surface area contributed by atoms with E-state index < -0.39 is 0 Å². The quantitative estimate of drug-likeness (QED) is 0.182. The highest BCUT2D eigenvalue weighted by Crippen LogP contribution is 2.23. The van der Waals surface area contributed by atoms with Gasteiger partial charge in [0.15, 0.2) is 0 Å². The predicted octanol–water partition coefficient (Wildman–Crippen LogP) is 8.03.